The van der Waals surface area contributed by atoms with Gasteiger partial charge in [0, 0.05) is 23.5 Å². The Morgan fingerprint density at radius 1 is 1.38 bits per heavy atom. The second kappa shape index (κ2) is 5.49. The molecule has 3 aromatic rings. The van der Waals surface area contributed by atoms with Crippen LogP contribution in [-0.4, -0.2) is 28.1 Å². The van der Waals surface area contributed by atoms with Crippen molar-refractivity contribution in [3.05, 3.63) is 52.6 Å². The average molecular weight is 299 g/mol. The highest BCUT2D eigenvalue weighted by Crippen LogP contribution is 2.27. The molecule has 3 rings (SSSR count). The van der Waals surface area contributed by atoms with Crippen LogP contribution in [0, 0.1) is 0 Å². The second-order valence-corrected chi connectivity index (χ2v) is 5.40. The Balaban J connectivity index is 2.08. The van der Waals surface area contributed by atoms with E-state index in [2.05, 4.69) is 9.97 Å². The molecular formula is C15H13N3O2S. The van der Waals surface area contributed by atoms with Crippen LogP contribution in [0.2, 0.25) is 0 Å². The number of rotatable bonds is 4. The van der Waals surface area contributed by atoms with Crippen molar-refractivity contribution in [2.45, 2.75) is 6.54 Å². The van der Waals surface area contributed by atoms with Crippen LogP contribution in [0.3, 0.4) is 0 Å². The molecule has 2 aromatic heterocycles. The molecule has 0 saturated heterocycles. The van der Waals surface area contributed by atoms with Crippen molar-refractivity contribution in [3.63, 3.8) is 0 Å². The highest BCUT2D eigenvalue weighted by Gasteiger charge is 2.14. The summed E-state index contributed by atoms with van der Waals surface area (Å²) in [4.78, 5) is 21.7. The van der Waals surface area contributed by atoms with Gasteiger partial charge in [0.05, 0.1) is 23.3 Å². The topological polar surface area (TPSA) is 66.3 Å². The molecule has 0 aliphatic rings. The van der Waals surface area contributed by atoms with E-state index in [0.29, 0.717) is 12.1 Å². The molecule has 2 heterocycles. The third-order valence-corrected chi connectivity index (χ3v) is 3.84. The summed E-state index contributed by atoms with van der Waals surface area (Å²) in [5.41, 5.74) is 4.31. The quantitative estimate of drug-likeness (QED) is 0.802. The van der Waals surface area contributed by atoms with E-state index in [0.717, 1.165) is 16.8 Å². The van der Waals surface area contributed by atoms with Gasteiger partial charge in [-0.2, -0.15) is 0 Å². The Bertz CT molecular complexity index is 787. The van der Waals surface area contributed by atoms with Gasteiger partial charge >= 0.3 is 5.97 Å². The number of fused-ring (bicyclic) bond motifs is 1. The zero-order valence-electron chi connectivity index (χ0n) is 11.4. The van der Waals surface area contributed by atoms with E-state index >= 15 is 0 Å². The lowest BCUT2D eigenvalue weighted by Crippen LogP contribution is -2.18. The maximum absolute atomic E-state index is 11.2. The summed E-state index contributed by atoms with van der Waals surface area (Å²) in [7, 11) is 1.92. The molecule has 1 aromatic carbocycles. The summed E-state index contributed by atoms with van der Waals surface area (Å²) >= 11 is 1.54. The van der Waals surface area contributed by atoms with Crippen molar-refractivity contribution >= 4 is 33.9 Å². The molecule has 0 amide bonds. The van der Waals surface area contributed by atoms with Crippen molar-refractivity contribution in [2.24, 2.45) is 0 Å². The van der Waals surface area contributed by atoms with Gasteiger partial charge in [-0.3, -0.25) is 0 Å². The Morgan fingerprint density at radius 2 is 2.19 bits per heavy atom. The Kier molecular flexibility index (Phi) is 3.53. The summed E-state index contributed by atoms with van der Waals surface area (Å²) in [5.74, 6) is -1.02. The summed E-state index contributed by atoms with van der Waals surface area (Å²) < 4.78 is 0. The summed E-state index contributed by atoms with van der Waals surface area (Å²) in [5, 5.41) is 12.1. The van der Waals surface area contributed by atoms with Crippen molar-refractivity contribution in [1.29, 1.82) is 0 Å². The first-order valence-corrected chi connectivity index (χ1v) is 7.30. The predicted molar refractivity (Wildman–Crippen MR) is 82.9 cm³/mol. The lowest BCUT2D eigenvalue weighted by molar-refractivity contribution is 0.0691. The number of para-hydroxylation sites is 1. The number of benzene rings is 1. The molecule has 0 radical (unpaired) electrons. The minimum absolute atomic E-state index is 0.0498. The van der Waals surface area contributed by atoms with Gasteiger partial charge in [0.1, 0.15) is 0 Å². The number of nitrogens with zero attached hydrogens (tertiary/aromatic N) is 3. The fourth-order valence-electron chi connectivity index (χ4n) is 2.23. The van der Waals surface area contributed by atoms with Crippen LogP contribution in [0.5, 0.6) is 0 Å². The number of hydrogen-bond donors (Lipinski definition) is 1. The summed E-state index contributed by atoms with van der Waals surface area (Å²) in [6.07, 6.45) is 0. The Morgan fingerprint density at radius 3 is 2.90 bits per heavy atom. The molecule has 0 saturated carbocycles. The number of thiazole rings is 1. The average Bonchev–Trinajstić information content (AvgIpc) is 2.98. The van der Waals surface area contributed by atoms with Gasteiger partial charge in [0.2, 0.25) is 0 Å². The Labute approximate surface area is 125 Å². The number of carboxylic acids is 1. The van der Waals surface area contributed by atoms with E-state index in [1.54, 1.807) is 22.9 Å². The minimum Gasteiger partial charge on any atom is -0.477 e. The van der Waals surface area contributed by atoms with Gasteiger partial charge < -0.3 is 10.0 Å². The monoisotopic (exact) mass is 299 g/mol. The molecule has 0 unspecified atom stereocenters. The second-order valence-electron chi connectivity index (χ2n) is 4.68. The molecule has 0 atom stereocenters. The smallest absolute Gasteiger partial charge is 0.354 e. The zero-order chi connectivity index (χ0) is 14.8. The number of anilines is 1. The van der Waals surface area contributed by atoms with E-state index in [-0.39, 0.29) is 5.69 Å². The number of pyridine rings is 1. The fraction of sp³-hybridized carbons (Fsp3) is 0.133. The summed E-state index contributed by atoms with van der Waals surface area (Å²) in [6, 6.07) is 9.15. The molecule has 0 aliphatic carbocycles. The molecule has 1 N–H and O–H groups in total. The van der Waals surface area contributed by atoms with Crippen molar-refractivity contribution in [1.82, 2.24) is 9.97 Å². The van der Waals surface area contributed by atoms with Gasteiger partial charge in [-0.05, 0) is 12.1 Å². The van der Waals surface area contributed by atoms with Crippen LogP contribution in [-0.2, 0) is 6.54 Å². The maximum Gasteiger partial charge on any atom is 0.354 e. The van der Waals surface area contributed by atoms with Crippen molar-refractivity contribution in [2.75, 3.05) is 11.9 Å². The maximum atomic E-state index is 11.2. The highest BCUT2D eigenvalue weighted by atomic mass is 32.1. The van der Waals surface area contributed by atoms with Gasteiger partial charge in [0.15, 0.2) is 5.69 Å². The first-order valence-electron chi connectivity index (χ1n) is 6.36. The van der Waals surface area contributed by atoms with E-state index in [4.69, 9.17) is 0 Å². The lowest BCUT2D eigenvalue weighted by atomic mass is 10.1. The van der Waals surface area contributed by atoms with E-state index in [9.17, 15) is 9.90 Å². The molecule has 0 bridgehead atoms. The summed E-state index contributed by atoms with van der Waals surface area (Å²) in [6.45, 7) is 0.622. The first-order chi connectivity index (χ1) is 10.1. The van der Waals surface area contributed by atoms with Crippen LogP contribution < -0.4 is 4.90 Å². The van der Waals surface area contributed by atoms with E-state index in [1.807, 2.05) is 41.6 Å². The van der Waals surface area contributed by atoms with Gasteiger partial charge in [-0.25, -0.2) is 14.8 Å². The number of carbonyl (C=O) groups is 1. The third kappa shape index (κ3) is 2.71. The molecular weight excluding hydrogens is 286 g/mol. The normalized spacial score (nSPS) is 10.7. The molecule has 106 valence electrons. The minimum atomic E-state index is -1.02. The molecule has 21 heavy (non-hydrogen) atoms. The van der Waals surface area contributed by atoms with Gasteiger partial charge in [-0.1, -0.05) is 18.2 Å². The number of aromatic carboxylic acids is 1. The number of aromatic nitrogens is 2. The molecule has 0 aliphatic heterocycles. The fourth-order valence-corrected chi connectivity index (χ4v) is 2.78. The Hall–Kier alpha value is -2.47. The number of hydrogen-bond acceptors (Lipinski definition) is 5. The van der Waals surface area contributed by atoms with Crippen LogP contribution >= 0.6 is 11.3 Å². The van der Waals surface area contributed by atoms with Crippen molar-refractivity contribution < 1.29 is 9.90 Å². The van der Waals surface area contributed by atoms with Crippen LogP contribution in [0.4, 0.5) is 5.69 Å². The van der Waals surface area contributed by atoms with E-state index in [1.165, 1.54) is 0 Å². The molecule has 6 heteroatoms. The van der Waals surface area contributed by atoms with Crippen molar-refractivity contribution in [3.8, 4) is 0 Å². The standard InChI is InChI=1S/C15H13N3O2S/c1-18(7-10-8-21-9-16-10)14-6-13(15(19)20)17-12-5-3-2-4-11(12)14/h2-6,8-9H,7H2,1H3,(H,19,20). The zero-order valence-corrected chi connectivity index (χ0v) is 12.2. The van der Waals surface area contributed by atoms with E-state index < -0.39 is 5.97 Å². The molecule has 0 fully saturated rings. The molecule has 5 nitrogen and oxygen atoms in total. The van der Waals surface area contributed by atoms with Gasteiger partial charge in [-0.15, -0.1) is 11.3 Å². The third-order valence-electron chi connectivity index (χ3n) is 3.21. The number of carboxylic acid groups (broad SMARTS) is 1. The highest BCUT2D eigenvalue weighted by molar-refractivity contribution is 7.07. The first kappa shape index (κ1) is 13.5. The van der Waals surface area contributed by atoms with Crippen LogP contribution in [0.15, 0.2) is 41.2 Å². The molecule has 0 spiro atoms. The predicted octanol–water partition coefficient (Wildman–Crippen LogP) is 3.03. The lowest BCUT2D eigenvalue weighted by Gasteiger charge is -2.20. The van der Waals surface area contributed by atoms with Crippen LogP contribution in [0.25, 0.3) is 10.9 Å². The SMILES string of the molecule is CN(Cc1cscn1)c1cc(C(=O)O)nc2ccccc12. The van der Waals surface area contributed by atoms with Crippen LogP contribution in [0.1, 0.15) is 16.2 Å². The largest absolute Gasteiger partial charge is 0.477 e. The van der Waals surface area contributed by atoms with Gasteiger partial charge in [0.25, 0.3) is 0 Å².